The number of hydrogen-bond donors (Lipinski definition) is 1. The Balaban J connectivity index is 2.95. The molecule has 14 heavy (non-hydrogen) atoms. The van der Waals surface area contributed by atoms with Crippen LogP contribution in [0.2, 0.25) is 0 Å². The Hall–Kier alpha value is -1.49. The molecule has 0 unspecified atom stereocenters. The molecule has 0 fully saturated rings. The molecule has 0 aliphatic heterocycles. The van der Waals surface area contributed by atoms with E-state index in [0.29, 0.717) is 0 Å². The quantitative estimate of drug-likeness (QED) is 0.594. The molecule has 0 amide bonds. The van der Waals surface area contributed by atoms with E-state index in [4.69, 9.17) is 5.11 Å². The molecule has 5 heteroatoms. The van der Waals surface area contributed by atoms with Crippen molar-refractivity contribution >= 4 is 5.69 Å². The largest absolute Gasteiger partial charge is 0.393 e. The molecular weight excluding hydrogens is 189 g/mol. The van der Waals surface area contributed by atoms with E-state index in [-0.39, 0.29) is 17.7 Å². The number of hydrogen-bond acceptors (Lipinski definition) is 3. The molecule has 1 N–H and O–H groups in total. The third-order valence-corrected chi connectivity index (χ3v) is 1.76. The summed E-state index contributed by atoms with van der Waals surface area (Å²) in [5.74, 6) is -0.653. The van der Waals surface area contributed by atoms with Crippen molar-refractivity contribution in [2.24, 2.45) is 0 Å². The average molecular weight is 199 g/mol. The maximum Gasteiger partial charge on any atom is 0.272 e. The standard InChI is InChI=1S/C9H10FNO3/c1-6(12)4-7-2-3-8(11(13)14)5-9(7)10/h2-3,5-6,12H,4H2,1H3/t6-/m0/s1. The fourth-order valence-electron chi connectivity index (χ4n) is 1.13. The van der Waals surface area contributed by atoms with Crippen LogP contribution in [-0.2, 0) is 6.42 Å². The lowest BCUT2D eigenvalue weighted by molar-refractivity contribution is -0.385. The highest BCUT2D eigenvalue weighted by molar-refractivity contribution is 5.34. The second kappa shape index (κ2) is 4.15. The second-order valence-electron chi connectivity index (χ2n) is 3.09. The predicted molar refractivity (Wildman–Crippen MR) is 48.4 cm³/mol. The van der Waals surface area contributed by atoms with Crippen LogP contribution in [0.5, 0.6) is 0 Å². The normalized spacial score (nSPS) is 12.5. The van der Waals surface area contributed by atoms with E-state index in [1.165, 1.54) is 19.1 Å². The van der Waals surface area contributed by atoms with E-state index in [1.807, 2.05) is 0 Å². The summed E-state index contributed by atoms with van der Waals surface area (Å²) in [7, 11) is 0. The van der Waals surface area contributed by atoms with E-state index in [9.17, 15) is 14.5 Å². The van der Waals surface area contributed by atoms with Crippen LogP contribution in [0.3, 0.4) is 0 Å². The second-order valence-corrected chi connectivity index (χ2v) is 3.09. The van der Waals surface area contributed by atoms with Crippen LogP contribution in [-0.4, -0.2) is 16.1 Å². The molecule has 76 valence electrons. The SMILES string of the molecule is C[C@H](O)Cc1ccc([N+](=O)[O-])cc1F. The number of nitrogens with zero attached hydrogens (tertiary/aromatic N) is 1. The van der Waals surface area contributed by atoms with Gasteiger partial charge in [-0.3, -0.25) is 10.1 Å². The summed E-state index contributed by atoms with van der Waals surface area (Å²) in [6.07, 6.45) is -0.505. The van der Waals surface area contributed by atoms with Gasteiger partial charge in [0.05, 0.1) is 17.1 Å². The van der Waals surface area contributed by atoms with Gasteiger partial charge in [0, 0.05) is 12.5 Å². The van der Waals surface area contributed by atoms with Crippen molar-refractivity contribution in [3.63, 3.8) is 0 Å². The summed E-state index contributed by atoms with van der Waals surface area (Å²) in [5, 5.41) is 19.3. The van der Waals surface area contributed by atoms with Gasteiger partial charge in [0.1, 0.15) is 5.82 Å². The first-order chi connectivity index (χ1) is 6.50. The molecule has 1 aromatic carbocycles. The van der Waals surface area contributed by atoms with Crippen molar-refractivity contribution in [1.29, 1.82) is 0 Å². The molecule has 0 radical (unpaired) electrons. The molecule has 4 nitrogen and oxygen atoms in total. The van der Waals surface area contributed by atoms with Gasteiger partial charge in [0.2, 0.25) is 0 Å². The number of nitro benzene ring substituents is 1. The topological polar surface area (TPSA) is 63.4 Å². The number of non-ortho nitro benzene ring substituents is 1. The molecule has 1 aromatic rings. The van der Waals surface area contributed by atoms with E-state index >= 15 is 0 Å². The van der Waals surface area contributed by atoms with Gasteiger partial charge in [0.25, 0.3) is 5.69 Å². The first-order valence-electron chi connectivity index (χ1n) is 4.11. The monoisotopic (exact) mass is 199 g/mol. The molecule has 0 aromatic heterocycles. The summed E-state index contributed by atoms with van der Waals surface area (Å²) in [6, 6.07) is 3.40. The van der Waals surface area contributed by atoms with E-state index in [2.05, 4.69) is 0 Å². The predicted octanol–water partition coefficient (Wildman–Crippen LogP) is 1.66. The smallest absolute Gasteiger partial charge is 0.272 e. The molecule has 1 atom stereocenters. The number of aliphatic hydroxyl groups is 1. The Bertz CT molecular complexity index is 352. The maximum atomic E-state index is 13.2. The first-order valence-corrected chi connectivity index (χ1v) is 4.11. The Morgan fingerprint density at radius 3 is 2.71 bits per heavy atom. The fourth-order valence-corrected chi connectivity index (χ4v) is 1.13. The van der Waals surface area contributed by atoms with Gasteiger partial charge < -0.3 is 5.11 Å². The Kier molecular flexibility index (Phi) is 3.14. The van der Waals surface area contributed by atoms with Crippen molar-refractivity contribution in [2.45, 2.75) is 19.4 Å². The number of aliphatic hydroxyl groups excluding tert-OH is 1. The maximum absolute atomic E-state index is 13.2. The van der Waals surface area contributed by atoms with Gasteiger partial charge in [-0.15, -0.1) is 0 Å². The Morgan fingerprint density at radius 2 is 2.29 bits per heavy atom. The van der Waals surface area contributed by atoms with Gasteiger partial charge in [-0.25, -0.2) is 4.39 Å². The van der Waals surface area contributed by atoms with Crippen LogP contribution in [0.4, 0.5) is 10.1 Å². The third kappa shape index (κ3) is 2.50. The molecule has 0 heterocycles. The van der Waals surface area contributed by atoms with Gasteiger partial charge in [0.15, 0.2) is 0 Å². The van der Waals surface area contributed by atoms with Crippen molar-refractivity contribution < 1.29 is 14.4 Å². The fraction of sp³-hybridized carbons (Fsp3) is 0.333. The average Bonchev–Trinajstić information content (AvgIpc) is 2.07. The van der Waals surface area contributed by atoms with Gasteiger partial charge >= 0.3 is 0 Å². The van der Waals surface area contributed by atoms with Crippen molar-refractivity contribution in [2.75, 3.05) is 0 Å². The molecule has 0 spiro atoms. The summed E-state index contributed by atoms with van der Waals surface area (Å²) in [4.78, 5) is 9.62. The van der Waals surface area contributed by atoms with Crippen molar-refractivity contribution in [3.8, 4) is 0 Å². The molecule has 0 aliphatic carbocycles. The minimum absolute atomic E-state index is 0.157. The zero-order valence-corrected chi connectivity index (χ0v) is 7.61. The lowest BCUT2D eigenvalue weighted by Crippen LogP contribution is -2.06. The van der Waals surface area contributed by atoms with Crippen LogP contribution < -0.4 is 0 Å². The van der Waals surface area contributed by atoms with E-state index in [1.54, 1.807) is 0 Å². The summed E-state index contributed by atoms with van der Waals surface area (Å²) in [5.41, 5.74) is 0.00226. The first kappa shape index (κ1) is 10.6. The highest BCUT2D eigenvalue weighted by Gasteiger charge is 2.11. The van der Waals surface area contributed by atoms with Crippen LogP contribution in [0, 0.1) is 15.9 Å². The van der Waals surface area contributed by atoms with Crippen molar-refractivity contribution in [3.05, 3.63) is 39.7 Å². The minimum atomic E-state index is -0.661. The van der Waals surface area contributed by atoms with Crippen LogP contribution in [0.15, 0.2) is 18.2 Å². The van der Waals surface area contributed by atoms with Crippen LogP contribution in [0.25, 0.3) is 0 Å². The summed E-state index contributed by atoms with van der Waals surface area (Å²) >= 11 is 0. The number of benzene rings is 1. The number of nitro groups is 1. The minimum Gasteiger partial charge on any atom is -0.393 e. The summed E-state index contributed by atoms with van der Waals surface area (Å²) < 4.78 is 13.2. The van der Waals surface area contributed by atoms with Crippen molar-refractivity contribution in [1.82, 2.24) is 0 Å². The number of halogens is 1. The lowest BCUT2D eigenvalue weighted by Gasteiger charge is -2.04. The molecule has 0 saturated heterocycles. The van der Waals surface area contributed by atoms with E-state index in [0.717, 1.165) is 6.07 Å². The molecular formula is C9H10FNO3. The third-order valence-electron chi connectivity index (χ3n) is 1.76. The lowest BCUT2D eigenvalue weighted by atomic mass is 10.1. The van der Waals surface area contributed by atoms with Crippen LogP contribution in [0.1, 0.15) is 12.5 Å². The molecule has 1 rings (SSSR count). The van der Waals surface area contributed by atoms with E-state index < -0.39 is 16.8 Å². The Labute approximate surface area is 80.1 Å². The number of rotatable bonds is 3. The van der Waals surface area contributed by atoms with Gasteiger partial charge in [-0.2, -0.15) is 0 Å². The zero-order valence-electron chi connectivity index (χ0n) is 7.61. The molecule has 0 saturated carbocycles. The zero-order chi connectivity index (χ0) is 10.7. The molecule has 0 bridgehead atoms. The summed E-state index contributed by atoms with van der Waals surface area (Å²) in [6.45, 7) is 1.53. The molecule has 0 aliphatic rings. The van der Waals surface area contributed by atoms with Crippen LogP contribution >= 0.6 is 0 Å². The highest BCUT2D eigenvalue weighted by atomic mass is 19.1. The van der Waals surface area contributed by atoms with Gasteiger partial charge in [-0.1, -0.05) is 0 Å². The Morgan fingerprint density at radius 1 is 1.64 bits per heavy atom. The van der Waals surface area contributed by atoms with Gasteiger partial charge in [-0.05, 0) is 18.6 Å². The highest BCUT2D eigenvalue weighted by Crippen LogP contribution is 2.17.